The molecule has 15 heavy (non-hydrogen) atoms. The van der Waals surface area contributed by atoms with Gasteiger partial charge in [0, 0.05) is 5.69 Å². The highest BCUT2D eigenvalue weighted by molar-refractivity contribution is 5.51. The summed E-state index contributed by atoms with van der Waals surface area (Å²) in [7, 11) is 0. The highest BCUT2D eigenvalue weighted by Crippen LogP contribution is 2.24. The fourth-order valence-corrected chi connectivity index (χ4v) is 2.10. The van der Waals surface area contributed by atoms with Crippen LogP contribution in [0, 0.1) is 12.7 Å². The number of aliphatic hydroxyl groups excluding tert-OH is 1. The van der Waals surface area contributed by atoms with Crippen molar-refractivity contribution < 1.29 is 9.50 Å². The first-order chi connectivity index (χ1) is 7.16. The largest absolute Gasteiger partial charge is 0.391 e. The molecule has 1 aliphatic rings. The third-order valence-corrected chi connectivity index (χ3v) is 3.01. The van der Waals surface area contributed by atoms with Crippen molar-refractivity contribution >= 4 is 5.69 Å². The van der Waals surface area contributed by atoms with Crippen LogP contribution < -0.4 is 5.32 Å². The zero-order valence-electron chi connectivity index (χ0n) is 8.83. The van der Waals surface area contributed by atoms with Crippen molar-refractivity contribution in [2.75, 3.05) is 5.32 Å². The molecule has 2 N–H and O–H groups in total. The van der Waals surface area contributed by atoms with Gasteiger partial charge in [-0.1, -0.05) is 0 Å². The van der Waals surface area contributed by atoms with E-state index in [-0.39, 0.29) is 18.0 Å². The molecule has 0 radical (unpaired) electrons. The quantitative estimate of drug-likeness (QED) is 0.784. The molecule has 0 unspecified atom stereocenters. The van der Waals surface area contributed by atoms with Gasteiger partial charge in [0.05, 0.1) is 12.1 Å². The summed E-state index contributed by atoms with van der Waals surface area (Å²) in [6.07, 6.45) is 2.63. The minimum absolute atomic E-state index is 0.120. The van der Waals surface area contributed by atoms with E-state index >= 15 is 0 Å². The summed E-state index contributed by atoms with van der Waals surface area (Å²) in [5.41, 5.74) is 1.80. The Morgan fingerprint density at radius 3 is 2.80 bits per heavy atom. The highest BCUT2D eigenvalue weighted by atomic mass is 19.1. The Kier molecular flexibility index (Phi) is 2.91. The van der Waals surface area contributed by atoms with Crippen LogP contribution in [0.3, 0.4) is 0 Å². The molecule has 2 atom stereocenters. The smallest absolute Gasteiger partial charge is 0.123 e. The number of hydrogen-bond acceptors (Lipinski definition) is 2. The van der Waals surface area contributed by atoms with Crippen molar-refractivity contribution in [2.45, 2.75) is 38.3 Å². The summed E-state index contributed by atoms with van der Waals surface area (Å²) in [6, 6.07) is 4.80. The summed E-state index contributed by atoms with van der Waals surface area (Å²) < 4.78 is 12.9. The second-order valence-corrected chi connectivity index (χ2v) is 4.21. The molecule has 0 amide bonds. The fourth-order valence-electron chi connectivity index (χ4n) is 2.10. The molecule has 0 bridgehead atoms. The standard InChI is InChI=1S/C12H16FNO/c1-8-7-9(13)5-6-10(8)14-11-3-2-4-12(11)15/h5-7,11-12,14-15H,2-4H2,1H3/t11-,12-/m0/s1. The maximum atomic E-state index is 12.9. The molecule has 82 valence electrons. The van der Waals surface area contributed by atoms with Crippen molar-refractivity contribution in [3.05, 3.63) is 29.6 Å². The van der Waals surface area contributed by atoms with Crippen LogP contribution in [0.1, 0.15) is 24.8 Å². The average Bonchev–Trinajstić information content (AvgIpc) is 2.57. The Balaban J connectivity index is 2.10. The van der Waals surface area contributed by atoms with Crippen molar-refractivity contribution in [3.63, 3.8) is 0 Å². The summed E-state index contributed by atoms with van der Waals surface area (Å²) >= 11 is 0. The Bertz CT molecular complexity index is 353. The summed E-state index contributed by atoms with van der Waals surface area (Å²) in [5.74, 6) is -0.218. The number of rotatable bonds is 2. The van der Waals surface area contributed by atoms with Gasteiger partial charge in [0.1, 0.15) is 5.82 Å². The SMILES string of the molecule is Cc1cc(F)ccc1N[C@H]1CCC[C@@H]1O. The van der Waals surface area contributed by atoms with E-state index in [0.29, 0.717) is 0 Å². The molecular weight excluding hydrogens is 193 g/mol. The lowest BCUT2D eigenvalue weighted by Gasteiger charge is -2.19. The predicted molar refractivity (Wildman–Crippen MR) is 58.4 cm³/mol. The van der Waals surface area contributed by atoms with E-state index in [1.165, 1.54) is 12.1 Å². The van der Waals surface area contributed by atoms with Crippen LogP contribution in [0.15, 0.2) is 18.2 Å². The molecule has 3 heteroatoms. The molecule has 0 spiro atoms. The van der Waals surface area contributed by atoms with Crippen LogP contribution in [-0.4, -0.2) is 17.3 Å². The topological polar surface area (TPSA) is 32.3 Å². The number of anilines is 1. The van der Waals surface area contributed by atoms with Gasteiger partial charge in [0.2, 0.25) is 0 Å². The van der Waals surface area contributed by atoms with Crippen LogP contribution in [0.4, 0.5) is 10.1 Å². The average molecular weight is 209 g/mol. The Labute approximate surface area is 89.1 Å². The van der Waals surface area contributed by atoms with Gasteiger partial charge in [-0.25, -0.2) is 4.39 Å². The molecule has 2 rings (SSSR count). The lowest BCUT2D eigenvalue weighted by atomic mass is 10.1. The third kappa shape index (κ3) is 2.29. The number of benzene rings is 1. The monoisotopic (exact) mass is 209 g/mol. The zero-order chi connectivity index (χ0) is 10.8. The summed E-state index contributed by atoms with van der Waals surface area (Å²) in [5, 5.41) is 12.9. The first-order valence-electron chi connectivity index (χ1n) is 5.37. The second kappa shape index (κ2) is 4.19. The van der Waals surface area contributed by atoms with Crippen molar-refractivity contribution in [3.8, 4) is 0 Å². The molecule has 1 aliphatic carbocycles. The molecule has 0 heterocycles. The van der Waals surface area contributed by atoms with E-state index in [9.17, 15) is 9.50 Å². The molecule has 1 saturated carbocycles. The van der Waals surface area contributed by atoms with E-state index in [0.717, 1.165) is 30.5 Å². The van der Waals surface area contributed by atoms with Gasteiger partial charge in [-0.15, -0.1) is 0 Å². The van der Waals surface area contributed by atoms with E-state index in [1.54, 1.807) is 6.07 Å². The minimum Gasteiger partial charge on any atom is -0.391 e. The first kappa shape index (κ1) is 10.4. The van der Waals surface area contributed by atoms with Crippen molar-refractivity contribution in [1.29, 1.82) is 0 Å². The van der Waals surface area contributed by atoms with Gasteiger partial charge >= 0.3 is 0 Å². The highest BCUT2D eigenvalue weighted by Gasteiger charge is 2.25. The number of nitrogens with one attached hydrogen (secondary N) is 1. The van der Waals surface area contributed by atoms with Gasteiger partial charge in [-0.05, 0) is 49.9 Å². The molecule has 0 saturated heterocycles. The molecule has 1 aromatic rings. The molecule has 1 aromatic carbocycles. The van der Waals surface area contributed by atoms with E-state index < -0.39 is 0 Å². The van der Waals surface area contributed by atoms with Crippen LogP contribution in [0.5, 0.6) is 0 Å². The molecule has 2 nitrogen and oxygen atoms in total. The normalized spacial score (nSPS) is 25.5. The molecule has 0 aliphatic heterocycles. The lowest BCUT2D eigenvalue weighted by Crippen LogP contribution is -2.28. The van der Waals surface area contributed by atoms with Crippen LogP contribution in [0.25, 0.3) is 0 Å². The molecule has 0 aromatic heterocycles. The van der Waals surface area contributed by atoms with Gasteiger partial charge in [-0.3, -0.25) is 0 Å². The van der Waals surface area contributed by atoms with E-state index in [1.807, 2.05) is 6.92 Å². The summed E-state index contributed by atoms with van der Waals surface area (Å²) in [4.78, 5) is 0. The number of aryl methyl sites for hydroxylation is 1. The second-order valence-electron chi connectivity index (χ2n) is 4.21. The number of halogens is 1. The van der Waals surface area contributed by atoms with Gasteiger partial charge < -0.3 is 10.4 Å². The lowest BCUT2D eigenvalue weighted by molar-refractivity contribution is 0.172. The zero-order valence-corrected chi connectivity index (χ0v) is 8.83. The van der Waals surface area contributed by atoms with Crippen LogP contribution in [-0.2, 0) is 0 Å². The van der Waals surface area contributed by atoms with Gasteiger partial charge in [-0.2, -0.15) is 0 Å². The van der Waals surface area contributed by atoms with Crippen LogP contribution in [0.2, 0.25) is 0 Å². The van der Waals surface area contributed by atoms with E-state index in [2.05, 4.69) is 5.32 Å². The van der Waals surface area contributed by atoms with Gasteiger partial charge in [0.25, 0.3) is 0 Å². The Morgan fingerprint density at radius 1 is 1.40 bits per heavy atom. The maximum absolute atomic E-state index is 12.9. The fraction of sp³-hybridized carbons (Fsp3) is 0.500. The summed E-state index contributed by atoms with van der Waals surface area (Å²) in [6.45, 7) is 1.87. The minimum atomic E-state index is -0.269. The maximum Gasteiger partial charge on any atom is 0.123 e. The van der Waals surface area contributed by atoms with Crippen LogP contribution >= 0.6 is 0 Å². The Hall–Kier alpha value is -1.09. The van der Waals surface area contributed by atoms with Crippen molar-refractivity contribution in [2.24, 2.45) is 0 Å². The van der Waals surface area contributed by atoms with Crippen molar-refractivity contribution in [1.82, 2.24) is 0 Å². The third-order valence-electron chi connectivity index (χ3n) is 3.01. The van der Waals surface area contributed by atoms with Gasteiger partial charge in [0.15, 0.2) is 0 Å². The number of aliphatic hydroxyl groups is 1. The predicted octanol–water partition coefficient (Wildman–Crippen LogP) is 2.46. The Morgan fingerprint density at radius 2 is 2.20 bits per heavy atom. The number of hydrogen-bond donors (Lipinski definition) is 2. The molecular formula is C12H16FNO. The van der Waals surface area contributed by atoms with E-state index in [4.69, 9.17) is 0 Å². The molecule has 1 fully saturated rings. The first-order valence-corrected chi connectivity index (χ1v) is 5.37.